The van der Waals surface area contributed by atoms with Gasteiger partial charge in [0.25, 0.3) is 0 Å². The SMILES string of the molecule is COc1ccc(S(=O)(=O)N2CCC(C(=O)NC3CCCCC3C(C)(C)C)CC2)cc1OC. The summed E-state index contributed by atoms with van der Waals surface area (Å²) < 4.78 is 38.2. The fourth-order valence-corrected chi connectivity index (χ4v) is 6.61. The van der Waals surface area contributed by atoms with Crippen LogP contribution in [0.25, 0.3) is 0 Å². The van der Waals surface area contributed by atoms with Crippen molar-refractivity contribution < 1.29 is 22.7 Å². The number of nitrogens with one attached hydrogen (secondary N) is 1. The highest BCUT2D eigenvalue weighted by atomic mass is 32.2. The van der Waals surface area contributed by atoms with Gasteiger partial charge in [0.15, 0.2) is 11.5 Å². The molecule has 0 spiro atoms. The van der Waals surface area contributed by atoms with Gasteiger partial charge in [-0.3, -0.25) is 4.79 Å². The summed E-state index contributed by atoms with van der Waals surface area (Å²) in [4.78, 5) is 13.2. The molecule has 1 heterocycles. The van der Waals surface area contributed by atoms with Gasteiger partial charge in [0.05, 0.1) is 19.1 Å². The van der Waals surface area contributed by atoms with Crippen LogP contribution in [0.15, 0.2) is 23.1 Å². The van der Waals surface area contributed by atoms with Crippen LogP contribution in [0.4, 0.5) is 0 Å². The molecule has 8 heteroatoms. The fraction of sp³-hybridized carbons (Fsp3) is 0.708. The van der Waals surface area contributed by atoms with Crippen LogP contribution in [-0.4, -0.2) is 52.0 Å². The summed E-state index contributed by atoms with van der Waals surface area (Å²) in [6.45, 7) is 7.42. The second-order valence-electron chi connectivity index (χ2n) is 10.1. The Labute approximate surface area is 192 Å². The highest BCUT2D eigenvalue weighted by molar-refractivity contribution is 7.89. The predicted molar refractivity (Wildman–Crippen MR) is 124 cm³/mol. The number of rotatable bonds is 6. The first-order valence-corrected chi connectivity index (χ1v) is 13.0. The van der Waals surface area contributed by atoms with Crippen molar-refractivity contribution in [1.82, 2.24) is 9.62 Å². The zero-order valence-electron chi connectivity index (χ0n) is 20.0. The molecule has 1 saturated heterocycles. The van der Waals surface area contributed by atoms with Gasteiger partial charge in [0.1, 0.15) is 0 Å². The zero-order chi connectivity index (χ0) is 23.5. The van der Waals surface area contributed by atoms with Crippen LogP contribution in [0, 0.1) is 17.3 Å². The van der Waals surface area contributed by atoms with Crippen LogP contribution < -0.4 is 14.8 Å². The van der Waals surface area contributed by atoms with E-state index < -0.39 is 10.0 Å². The van der Waals surface area contributed by atoms with Gasteiger partial charge < -0.3 is 14.8 Å². The van der Waals surface area contributed by atoms with Gasteiger partial charge in [-0.05, 0) is 49.1 Å². The number of carbonyl (C=O) groups excluding carboxylic acids is 1. The van der Waals surface area contributed by atoms with Crippen molar-refractivity contribution in [2.45, 2.75) is 70.2 Å². The number of amides is 1. The summed E-state index contributed by atoms with van der Waals surface area (Å²) in [7, 11) is -0.664. The normalized spacial score (nSPS) is 23.5. The number of hydrogen-bond acceptors (Lipinski definition) is 5. The summed E-state index contributed by atoms with van der Waals surface area (Å²) >= 11 is 0. The Hall–Kier alpha value is -1.80. The van der Waals surface area contributed by atoms with Crippen molar-refractivity contribution in [3.63, 3.8) is 0 Å². The average molecular weight is 467 g/mol. The second kappa shape index (κ2) is 10.00. The molecule has 1 aliphatic carbocycles. The average Bonchev–Trinajstić information content (AvgIpc) is 2.78. The monoisotopic (exact) mass is 466 g/mol. The molecule has 1 N–H and O–H groups in total. The molecular formula is C24H38N2O5S. The molecule has 2 atom stereocenters. The number of ether oxygens (including phenoxy) is 2. The topological polar surface area (TPSA) is 84.9 Å². The lowest BCUT2D eigenvalue weighted by molar-refractivity contribution is -0.127. The summed E-state index contributed by atoms with van der Waals surface area (Å²) in [6.07, 6.45) is 5.62. The van der Waals surface area contributed by atoms with E-state index in [9.17, 15) is 13.2 Å². The maximum absolute atomic E-state index is 13.1. The number of hydrogen-bond donors (Lipinski definition) is 1. The van der Waals surface area contributed by atoms with Gasteiger partial charge in [-0.15, -0.1) is 0 Å². The molecule has 1 aliphatic heterocycles. The Balaban J connectivity index is 1.62. The molecule has 2 aliphatic rings. The fourth-order valence-electron chi connectivity index (χ4n) is 5.13. The third kappa shape index (κ3) is 5.39. The molecule has 1 aromatic carbocycles. The quantitative estimate of drug-likeness (QED) is 0.689. The van der Waals surface area contributed by atoms with E-state index in [4.69, 9.17) is 9.47 Å². The van der Waals surface area contributed by atoms with Gasteiger partial charge in [-0.25, -0.2) is 8.42 Å². The number of carbonyl (C=O) groups is 1. The smallest absolute Gasteiger partial charge is 0.243 e. The minimum absolute atomic E-state index is 0.0781. The van der Waals surface area contributed by atoms with Gasteiger partial charge >= 0.3 is 0 Å². The van der Waals surface area contributed by atoms with E-state index in [0.717, 1.165) is 19.3 Å². The molecule has 0 aromatic heterocycles. The first-order valence-electron chi connectivity index (χ1n) is 11.6. The number of sulfonamides is 1. The number of piperidine rings is 1. The van der Waals surface area contributed by atoms with E-state index in [2.05, 4.69) is 26.1 Å². The Kier molecular flexibility index (Phi) is 7.76. The van der Waals surface area contributed by atoms with E-state index in [1.807, 2.05) is 0 Å². The highest BCUT2D eigenvalue weighted by Gasteiger charge is 2.37. The van der Waals surface area contributed by atoms with E-state index in [0.29, 0.717) is 43.3 Å². The molecule has 2 unspecified atom stereocenters. The lowest BCUT2D eigenvalue weighted by atomic mass is 9.69. The number of benzene rings is 1. The van der Waals surface area contributed by atoms with Crippen molar-refractivity contribution in [2.75, 3.05) is 27.3 Å². The molecular weight excluding hydrogens is 428 g/mol. The Morgan fingerprint density at radius 1 is 1.00 bits per heavy atom. The molecule has 7 nitrogen and oxygen atoms in total. The molecule has 2 fully saturated rings. The van der Waals surface area contributed by atoms with Gasteiger partial charge in [-0.1, -0.05) is 33.6 Å². The van der Waals surface area contributed by atoms with Crippen LogP contribution in [0.2, 0.25) is 0 Å². The second-order valence-corrected chi connectivity index (χ2v) is 12.0. The third-order valence-electron chi connectivity index (χ3n) is 7.02. The minimum atomic E-state index is -3.66. The molecule has 32 heavy (non-hydrogen) atoms. The van der Waals surface area contributed by atoms with E-state index in [-0.39, 0.29) is 28.2 Å². The number of nitrogens with zero attached hydrogens (tertiary/aromatic N) is 1. The molecule has 1 aromatic rings. The maximum Gasteiger partial charge on any atom is 0.243 e. The summed E-state index contributed by atoms with van der Waals surface area (Å²) in [6, 6.07) is 4.83. The van der Waals surface area contributed by atoms with Crippen LogP contribution in [0.1, 0.15) is 59.3 Å². The molecule has 180 valence electrons. The van der Waals surface area contributed by atoms with Crippen molar-refractivity contribution in [2.24, 2.45) is 17.3 Å². The Bertz CT molecular complexity index is 901. The van der Waals surface area contributed by atoms with E-state index in [1.165, 1.54) is 37.1 Å². The van der Waals surface area contributed by atoms with Crippen molar-refractivity contribution in [3.8, 4) is 11.5 Å². The predicted octanol–water partition coefficient (Wildman–Crippen LogP) is 3.83. The third-order valence-corrected chi connectivity index (χ3v) is 8.92. The van der Waals surface area contributed by atoms with E-state index in [1.54, 1.807) is 6.07 Å². The van der Waals surface area contributed by atoms with Crippen molar-refractivity contribution in [3.05, 3.63) is 18.2 Å². The van der Waals surface area contributed by atoms with Gasteiger partial charge in [0, 0.05) is 31.1 Å². The first-order chi connectivity index (χ1) is 15.1. The molecule has 3 rings (SSSR count). The zero-order valence-corrected chi connectivity index (χ0v) is 20.8. The minimum Gasteiger partial charge on any atom is -0.493 e. The largest absolute Gasteiger partial charge is 0.493 e. The highest BCUT2D eigenvalue weighted by Crippen LogP contribution is 2.38. The summed E-state index contributed by atoms with van der Waals surface area (Å²) in [5.74, 6) is 1.27. The molecule has 0 bridgehead atoms. The van der Waals surface area contributed by atoms with Gasteiger partial charge in [0.2, 0.25) is 15.9 Å². The summed E-state index contributed by atoms with van der Waals surface area (Å²) in [5.41, 5.74) is 0.162. The van der Waals surface area contributed by atoms with Crippen LogP contribution >= 0.6 is 0 Å². The number of methoxy groups -OCH3 is 2. The lowest BCUT2D eigenvalue weighted by Gasteiger charge is -2.41. The van der Waals surface area contributed by atoms with Crippen LogP contribution in [-0.2, 0) is 14.8 Å². The Morgan fingerprint density at radius 3 is 2.22 bits per heavy atom. The van der Waals surface area contributed by atoms with Gasteiger partial charge in [-0.2, -0.15) is 4.31 Å². The van der Waals surface area contributed by atoms with Crippen molar-refractivity contribution >= 4 is 15.9 Å². The van der Waals surface area contributed by atoms with Crippen LogP contribution in [0.3, 0.4) is 0 Å². The first kappa shape index (κ1) is 24.8. The maximum atomic E-state index is 13.1. The molecule has 0 radical (unpaired) electrons. The Morgan fingerprint density at radius 2 is 1.62 bits per heavy atom. The standard InChI is InChI=1S/C24H38N2O5S/c1-24(2,3)19-8-6-7-9-20(19)25-23(27)17-12-14-26(15-13-17)32(28,29)18-10-11-21(30-4)22(16-18)31-5/h10-11,16-17,19-20H,6-9,12-15H2,1-5H3,(H,25,27). The van der Waals surface area contributed by atoms with E-state index >= 15 is 0 Å². The van der Waals surface area contributed by atoms with Crippen molar-refractivity contribution in [1.29, 1.82) is 0 Å². The summed E-state index contributed by atoms with van der Waals surface area (Å²) in [5, 5.41) is 3.32. The molecule has 1 saturated carbocycles. The lowest BCUT2D eigenvalue weighted by Crippen LogP contribution is -2.50. The molecule has 1 amide bonds. The van der Waals surface area contributed by atoms with Crippen LogP contribution in [0.5, 0.6) is 11.5 Å².